The lowest BCUT2D eigenvalue weighted by Crippen LogP contribution is -2.28. The highest BCUT2D eigenvalue weighted by Gasteiger charge is 2.21. The van der Waals surface area contributed by atoms with Gasteiger partial charge in [-0.1, -0.05) is 19.3 Å². The minimum absolute atomic E-state index is 0.156. The van der Waals surface area contributed by atoms with Gasteiger partial charge in [0, 0.05) is 49.2 Å². The fraction of sp³-hybridized carbons (Fsp3) is 0.583. The van der Waals surface area contributed by atoms with Crippen LogP contribution in [0.3, 0.4) is 0 Å². The SMILES string of the molecule is CC(C)OC(=O)Nc1ccc(-c2cnc(C3CCCCC3)s2)c(N(C)CCN(C)C)c1. The van der Waals surface area contributed by atoms with Crippen LogP contribution in [-0.2, 0) is 4.74 Å². The van der Waals surface area contributed by atoms with E-state index in [-0.39, 0.29) is 6.10 Å². The van der Waals surface area contributed by atoms with Crippen molar-refractivity contribution < 1.29 is 9.53 Å². The maximum atomic E-state index is 12.1. The van der Waals surface area contributed by atoms with Gasteiger partial charge in [-0.2, -0.15) is 0 Å². The second kappa shape index (κ2) is 11.0. The summed E-state index contributed by atoms with van der Waals surface area (Å²) in [5.41, 5.74) is 2.98. The molecule has 1 amide bonds. The zero-order chi connectivity index (χ0) is 22.4. The van der Waals surface area contributed by atoms with E-state index in [1.165, 1.54) is 42.0 Å². The van der Waals surface area contributed by atoms with Gasteiger partial charge in [0.2, 0.25) is 0 Å². The van der Waals surface area contributed by atoms with Crippen molar-refractivity contribution in [2.24, 2.45) is 0 Å². The largest absolute Gasteiger partial charge is 0.447 e. The maximum Gasteiger partial charge on any atom is 0.411 e. The molecule has 0 unspecified atom stereocenters. The number of anilines is 2. The molecule has 31 heavy (non-hydrogen) atoms. The molecule has 1 heterocycles. The molecule has 0 bridgehead atoms. The van der Waals surface area contributed by atoms with Crippen molar-refractivity contribution in [1.29, 1.82) is 0 Å². The Morgan fingerprint density at radius 1 is 1.19 bits per heavy atom. The lowest BCUT2D eigenvalue weighted by molar-refractivity contribution is 0.130. The number of thiazole rings is 1. The Bertz CT molecular complexity index is 859. The molecule has 0 saturated heterocycles. The van der Waals surface area contributed by atoms with Crippen molar-refractivity contribution in [3.63, 3.8) is 0 Å². The van der Waals surface area contributed by atoms with Gasteiger partial charge in [-0.15, -0.1) is 11.3 Å². The predicted octanol–water partition coefficient (Wildman–Crippen LogP) is 5.81. The monoisotopic (exact) mass is 444 g/mol. The molecular formula is C24H36N4O2S. The molecule has 0 spiro atoms. The van der Waals surface area contributed by atoms with Crippen molar-refractivity contribution in [1.82, 2.24) is 9.88 Å². The average molecular weight is 445 g/mol. The number of ether oxygens (including phenoxy) is 1. The Morgan fingerprint density at radius 3 is 2.61 bits per heavy atom. The highest BCUT2D eigenvalue weighted by atomic mass is 32.1. The van der Waals surface area contributed by atoms with Crippen molar-refractivity contribution in [3.05, 3.63) is 29.4 Å². The molecule has 1 aromatic heterocycles. The van der Waals surface area contributed by atoms with E-state index in [4.69, 9.17) is 9.72 Å². The number of likely N-dealkylation sites (N-methyl/N-ethyl adjacent to an activating group) is 2. The minimum Gasteiger partial charge on any atom is -0.447 e. The van der Waals surface area contributed by atoms with Crippen molar-refractivity contribution in [2.75, 3.05) is 44.4 Å². The van der Waals surface area contributed by atoms with E-state index < -0.39 is 6.09 Å². The number of nitrogens with one attached hydrogen (secondary N) is 1. The summed E-state index contributed by atoms with van der Waals surface area (Å²) in [6.07, 6.45) is 7.91. The van der Waals surface area contributed by atoms with E-state index in [9.17, 15) is 4.79 Å². The summed E-state index contributed by atoms with van der Waals surface area (Å²) in [6, 6.07) is 6.07. The summed E-state index contributed by atoms with van der Waals surface area (Å²) < 4.78 is 5.24. The van der Waals surface area contributed by atoms with E-state index in [0.29, 0.717) is 5.92 Å². The standard InChI is InChI=1S/C24H36N4O2S/c1-17(2)30-24(29)26-19-11-12-20(21(15-19)28(5)14-13-27(3)4)22-16-25-23(31-22)18-9-7-6-8-10-18/h11-12,15-18H,6-10,13-14H2,1-5H3,(H,26,29). The van der Waals surface area contributed by atoms with Gasteiger partial charge in [-0.05, 0) is 59.0 Å². The molecule has 1 aromatic carbocycles. The molecule has 2 aromatic rings. The van der Waals surface area contributed by atoms with Gasteiger partial charge in [0.15, 0.2) is 0 Å². The van der Waals surface area contributed by atoms with E-state index >= 15 is 0 Å². The number of rotatable bonds is 8. The van der Waals surface area contributed by atoms with Crippen LogP contribution in [0.1, 0.15) is 56.9 Å². The summed E-state index contributed by atoms with van der Waals surface area (Å²) in [5.74, 6) is 0.606. The third-order valence-corrected chi connectivity index (χ3v) is 6.82. The molecule has 3 rings (SSSR count). The second-order valence-corrected chi connectivity index (χ2v) is 10.00. The third kappa shape index (κ3) is 6.68. The van der Waals surface area contributed by atoms with Gasteiger partial charge in [0.25, 0.3) is 0 Å². The molecule has 1 aliphatic carbocycles. The van der Waals surface area contributed by atoms with Crippen molar-refractivity contribution >= 4 is 28.8 Å². The Balaban J connectivity index is 1.87. The van der Waals surface area contributed by atoms with Gasteiger partial charge >= 0.3 is 6.09 Å². The highest BCUT2D eigenvalue weighted by molar-refractivity contribution is 7.15. The summed E-state index contributed by atoms with van der Waals surface area (Å²) >= 11 is 1.82. The van der Waals surface area contributed by atoms with Gasteiger partial charge in [0.05, 0.1) is 16.0 Å². The van der Waals surface area contributed by atoms with Gasteiger partial charge in [0.1, 0.15) is 0 Å². The third-order valence-electron chi connectivity index (χ3n) is 5.62. The molecular weight excluding hydrogens is 408 g/mol. The second-order valence-electron chi connectivity index (χ2n) is 8.93. The number of carbonyl (C=O) groups excluding carboxylic acids is 1. The average Bonchev–Trinajstić information content (AvgIpc) is 3.22. The molecule has 7 heteroatoms. The molecule has 1 fully saturated rings. The fourth-order valence-corrected chi connectivity index (χ4v) is 5.04. The van der Waals surface area contributed by atoms with Crippen LogP contribution in [0.2, 0.25) is 0 Å². The van der Waals surface area contributed by atoms with Crippen LogP contribution < -0.4 is 10.2 Å². The first-order chi connectivity index (χ1) is 14.8. The van der Waals surface area contributed by atoms with E-state index in [1.807, 2.05) is 43.5 Å². The Morgan fingerprint density at radius 2 is 1.94 bits per heavy atom. The Labute approximate surface area is 190 Å². The zero-order valence-electron chi connectivity index (χ0n) is 19.5. The Hall–Kier alpha value is -2.12. The number of hydrogen-bond acceptors (Lipinski definition) is 6. The van der Waals surface area contributed by atoms with E-state index in [2.05, 4.69) is 42.3 Å². The van der Waals surface area contributed by atoms with Crippen LogP contribution in [0, 0.1) is 0 Å². The van der Waals surface area contributed by atoms with Crippen LogP contribution in [0.4, 0.5) is 16.2 Å². The molecule has 0 radical (unpaired) electrons. The zero-order valence-corrected chi connectivity index (χ0v) is 20.3. The molecule has 1 saturated carbocycles. The van der Waals surface area contributed by atoms with Crippen molar-refractivity contribution in [3.8, 4) is 10.4 Å². The number of nitrogens with zero attached hydrogens (tertiary/aromatic N) is 3. The summed E-state index contributed by atoms with van der Waals surface area (Å²) in [7, 11) is 6.25. The van der Waals surface area contributed by atoms with Crippen LogP contribution >= 0.6 is 11.3 Å². The predicted molar refractivity (Wildman–Crippen MR) is 130 cm³/mol. The molecule has 1 N–H and O–H groups in total. The molecule has 170 valence electrons. The Kier molecular flexibility index (Phi) is 8.32. The quantitative estimate of drug-likeness (QED) is 0.556. The minimum atomic E-state index is -0.429. The first kappa shape index (κ1) is 23.5. The number of benzene rings is 1. The number of hydrogen-bond donors (Lipinski definition) is 1. The van der Waals surface area contributed by atoms with E-state index in [1.54, 1.807) is 0 Å². The number of amides is 1. The normalized spacial score (nSPS) is 14.8. The summed E-state index contributed by atoms with van der Waals surface area (Å²) in [6.45, 7) is 5.51. The summed E-state index contributed by atoms with van der Waals surface area (Å²) in [4.78, 5) is 22.5. The molecule has 0 aliphatic heterocycles. The fourth-order valence-electron chi connectivity index (χ4n) is 3.92. The highest BCUT2D eigenvalue weighted by Crippen LogP contribution is 2.40. The maximum absolute atomic E-state index is 12.1. The topological polar surface area (TPSA) is 57.7 Å². The first-order valence-corrected chi connectivity index (χ1v) is 12.1. The molecule has 1 aliphatic rings. The van der Waals surface area contributed by atoms with Crippen LogP contribution in [0.5, 0.6) is 0 Å². The van der Waals surface area contributed by atoms with Crippen LogP contribution in [-0.4, -0.2) is 56.3 Å². The van der Waals surface area contributed by atoms with Gasteiger partial charge < -0.3 is 14.5 Å². The number of carbonyl (C=O) groups is 1. The molecule has 6 nitrogen and oxygen atoms in total. The van der Waals surface area contributed by atoms with E-state index in [0.717, 1.165) is 30.0 Å². The smallest absolute Gasteiger partial charge is 0.411 e. The lowest BCUT2D eigenvalue weighted by atomic mass is 9.90. The van der Waals surface area contributed by atoms with Crippen LogP contribution in [0.15, 0.2) is 24.4 Å². The van der Waals surface area contributed by atoms with Crippen LogP contribution in [0.25, 0.3) is 10.4 Å². The number of aromatic nitrogens is 1. The van der Waals surface area contributed by atoms with Gasteiger partial charge in [-0.25, -0.2) is 9.78 Å². The van der Waals surface area contributed by atoms with Crippen molar-refractivity contribution in [2.45, 2.75) is 58.0 Å². The first-order valence-electron chi connectivity index (χ1n) is 11.3. The molecule has 0 atom stereocenters. The lowest BCUT2D eigenvalue weighted by Gasteiger charge is -2.25. The summed E-state index contributed by atoms with van der Waals surface area (Å²) in [5, 5.41) is 4.12. The van der Waals surface area contributed by atoms with Gasteiger partial charge in [-0.3, -0.25) is 5.32 Å².